The molecule has 0 aromatic heterocycles. The Balaban J connectivity index is 1.63. The predicted octanol–water partition coefficient (Wildman–Crippen LogP) is 3.25. The fourth-order valence-electron chi connectivity index (χ4n) is 3.70. The number of hydrogen-bond acceptors (Lipinski definition) is 4. The number of thioether (sulfide) groups is 1. The van der Waals surface area contributed by atoms with Crippen LogP contribution in [0.3, 0.4) is 0 Å². The first-order chi connectivity index (χ1) is 13.0. The standard InChI is InChI=1S/C20H28ClN3O2S/c1-3-17-19(26)24(20(27-17)15-7-5-6-8-16(15)21)14-11-22-9-12-23(13-10-22)18(25)4-2/h5-8,17,20H,3-4,9-14H2,1-2H3. The number of carbonyl (C=O) groups excluding carboxylic acids is 2. The van der Waals surface area contributed by atoms with E-state index in [1.165, 1.54) is 0 Å². The van der Waals surface area contributed by atoms with Crippen molar-refractivity contribution >= 4 is 35.2 Å². The molecule has 5 nitrogen and oxygen atoms in total. The van der Waals surface area contributed by atoms with E-state index in [4.69, 9.17) is 11.6 Å². The first-order valence-electron chi connectivity index (χ1n) is 9.75. The summed E-state index contributed by atoms with van der Waals surface area (Å²) in [5.41, 5.74) is 1.02. The quantitative estimate of drug-likeness (QED) is 0.723. The number of nitrogens with zero attached hydrogens (tertiary/aromatic N) is 3. The van der Waals surface area contributed by atoms with Crippen molar-refractivity contribution < 1.29 is 9.59 Å². The molecule has 0 radical (unpaired) electrons. The molecule has 0 aliphatic carbocycles. The van der Waals surface area contributed by atoms with E-state index >= 15 is 0 Å². The Morgan fingerprint density at radius 2 is 1.85 bits per heavy atom. The average Bonchev–Trinajstić information content (AvgIpc) is 3.02. The molecule has 1 aromatic rings. The summed E-state index contributed by atoms with van der Waals surface area (Å²) in [7, 11) is 0. The van der Waals surface area contributed by atoms with Crippen molar-refractivity contribution in [2.24, 2.45) is 0 Å². The van der Waals surface area contributed by atoms with Crippen LogP contribution in [0.15, 0.2) is 24.3 Å². The summed E-state index contributed by atoms with van der Waals surface area (Å²) >= 11 is 8.13. The van der Waals surface area contributed by atoms with Crippen LogP contribution in [0.25, 0.3) is 0 Å². The van der Waals surface area contributed by atoms with Crippen LogP contribution in [0.2, 0.25) is 5.02 Å². The van der Waals surface area contributed by atoms with Gasteiger partial charge in [-0.25, -0.2) is 0 Å². The Bertz CT molecular complexity index is 679. The van der Waals surface area contributed by atoms with E-state index in [1.54, 1.807) is 11.8 Å². The van der Waals surface area contributed by atoms with Gasteiger partial charge in [-0.05, 0) is 12.5 Å². The molecule has 2 unspecified atom stereocenters. The van der Waals surface area contributed by atoms with Crippen molar-refractivity contribution in [2.45, 2.75) is 37.3 Å². The molecule has 27 heavy (non-hydrogen) atoms. The van der Waals surface area contributed by atoms with Gasteiger partial charge in [-0.2, -0.15) is 0 Å². The van der Waals surface area contributed by atoms with Gasteiger partial charge in [0.05, 0.1) is 5.25 Å². The van der Waals surface area contributed by atoms with Crippen LogP contribution in [0, 0.1) is 0 Å². The summed E-state index contributed by atoms with van der Waals surface area (Å²) in [6.45, 7) is 8.79. The van der Waals surface area contributed by atoms with Crippen molar-refractivity contribution in [3.8, 4) is 0 Å². The fourth-order valence-corrected chi connectivity index (χ4v) is 5.46. The van der Waals surface area contributed by atoms with Gasteiger partial charge in [0, 0.05) is 56.3 Å². The van der Waals surface area contributed by atoms with Crippen LogP contribution in [0.1, 0.15) is 37.6 Å². The zero-order valence-electron chi connectivity index (χ0n) is 16.1. The molecule has 3 rings (SSSR count). The number of amides is 2. The third kappa shape index (κ3) is 4.61. The Kier molecular flexibility index (Phi) is 7.06. The van der Waals surface area contributed by atoms with E-state index in [0.717, 1.165) is 49.7 Å². The van der Waals surface area contributed by atoms with Gasteiger partial charge in [0.25, 0.3) is 0 Å². The summed E-state index contributed by atoms with van der Waals surface area (Å²) in [6.07, 6.45) is 1.40. The lowest BCUT2D eigenvalue weighted by atomic mass is 10.2. The average molecular weight is 410 g/mol. The van der Waals surface area contributed by atoms with Gasteiger partial charge in [-0.1, -0.05) is 43.6 Å². The van der Waals surface area contributed by atoms with Gasteiger partial charge in [-0.3, -0.25) is 14.5 Å². The highest BCUT2D eigenvalue weighted by atomic mass is 35.5. The number of hydrogen-bond donors (Lipinski definition) is 0. The van der Waals surface area contributed by atoms with E-state index in [1.807, 2.05) is 41.0 Å². The Morgan fingerprint density at radius 1 is 1.15 bits per heavy atom. The smallest absolute Gasteiger partial charge is 0.236 e. The molecule has 0 saturated carbocycles. The molecule has 2 heterocycles. The molecule has 2 saturated heterocycles. The highest BCUT2D eigenvalue weighted by molar-refractivity contribution is 8.01. The van der Waals surface area contributed by atoms with Gasteiger partial charge < -0.3 is 9.80 Å². The molecule has 0 N–H and O–H groups in total. The van der Waals surface area contributed by atoms with Crippen molar-refractivity contribution in [1.29, 1.82) is 0 Å². The molecule has 2 aliphatic heterocycles. The van der Waals surface area contributed by atoms with Gasteiger partial charge >= 0.3 is 0 Å². The second-order valence-corrected chi connectivity index (χ2v) is 8.71. The molecular weight excluding hydrogens is 382 g/mol. The largest absolute Gasteiger partial charge is 0.340 e. The lowest BCUT2D eigenvalue weighted by Crippen LogP contribution is -2.50. The van der Waals surface area contributed by atoms with Gasteiger partial charge in [0.1, 0.15) is 5.37 Å². The monoisotopic (exact) mass is 409 g/mol. The molecule has 148 valence electrons. The first-order valence-corrected chi connectivity index (χ1v) is 11.1. The van der Waals surface area contributed by atoms with Crippen molar-refractivity contribution in [3.63, 3.8) is 0 Å². The summed E-state index contributed by atoms with van der Waals surface area (Å²) < 4.78 is 0. The van der Waals surface area contributed by atoms with Gasteiger partial charge in [0.2, 0.25) is 11.8 Å². The summed E-state index contributed by atoms with van der Waals surface area (Å²) in [5, 5.41) is 0.709. The van der Waals surface area contributed by atoms with E-state index in [9.17, 15) is 9.59 Å². The third-order valence-electron chi connectivity index (χ3n) is 5.36. The van der Waals surface area contributed by atoms with Crippen LogP contribution in [0.5, 0.6) is 0 Å². The van der Waals surface area contributed by atoms with Crippen LogP contribution < -0.4 is 0 Å². The number of piperazine rings is 1. The van der Waals surface area contributed by atoms with Crippen molar-refractivity contribution in [1.82, 2.24) is 14.7 Å². The molecule has 1 aromatic carbocycles. The summed E-state index contributed by atoms with van der Waals surface area (Å²) in [5.74, 6) is 0.442. The number of carbonyl (C=O) groups is 2. The minimum atomic E-state index is -0.0147. The highest BCUT2D eigenvalue weighted by Crippen LogP contribution is 2.45. The van der Waals surface area contributed by atoms with E-state index in [2.05, 4.69) is 11.8 Å². The van der Waals surface area contributed by atoms with Crippen LogP contribution in [-0.4, -0.2) is 71.0 Å². The molecule has 0 spiro atoms. The maximum atomic E-state index is 12.9. The molecular formula is C20H28ClN3O2S. The van der Waals surface area contributed by atoms with Crippen LogP contribution in [0.4, 0.5) is 0 Å². The highest BCUT2D eigenvalue weighted by Gasteiger charge is 2.40. The maximum absolute atomic E-state index is 12.9. The third-order valence-corrected chi connectivity index (χ3v) is 7.34. The molecule has 2 aliphatic rings. The van der Waals surface area contributed by atoms with Crippen LogP contribution in [-0.2, 0) is 9.59 Å². The SMILES string of the molecule is CCC(=O)N1CCN(CCN2C(=O)C(CC)SC2c2ccccc2Cl)CC1. The zero-order chi connectivity index (χ0) is 19.4. The molecule has 2 fully saturated rings. The van der Waals surface area contributed by atoms with E-state index in [0.29, 0.717) is 13.0 Å². The first kappa shape index (κ1) is 20.5. The van der Waals surface area contributed by atoms with Gasteiger partial charge in [0.15, 0.2) is 0 Å². The van der Waals surface area contributed by atoms with Crippen LogP contribution >= 0.6 is 23.4 Å². The van der Waals surface area contributed by atoms with E-state index < -0.39 is 0 Å². The Hall–Kier alpha value is -1.24. The number of rotatable bonds is 6. The Morgan fingerprint density at radius 3 is 2.48 bits per heavy atom. The molecule has 2 atom stereocenters. The lowest BCUT2D eigenvalue weighted by molar-refractivity contribution is -0.132. The number of halogens is 1. The maximum Gasteiger partial charge on any atom is 0.236 e. The minimum Gasteiger partial charge on any atom is -0.340 e. The fraction of sp³-hybridized carbons (Fsp3) is 0.600. The van der Waals surface area contributed by atoms with Crippen molar-refractivity contribution in [3.05, 3.63) is 34.9 Å². The topological polar surface area (TPSA) is 43.9 Å². The summed E-state index contributed by atoms with van der Waals surface area (Å²) in [6, 6.07) is 7.82. The molecule has 2 amide bonds. The molecule has 0 bridgehead atoms. The zero-order valence-corrected chi connectivity index (χ0v) is 17.6. The second-order valence-electron chi connectivity index (χ2n) is 7.01. The van der Waals surface area contributed by atoms with E-state index in [-0.39, 0.29) is 22.4 Å². The lowest BCUT2D eigenvalue weighted by Gasteiger charge is -2.36. The molecule has 7 heteroatoms. The minimum absolute atomic E-state index is 0.00490. The van der Waals surface area contributed by atoms with Crippen molar-refractivity contribution in [2.75, 3.05) is 39.3 Å². The van der Waals surface area contributed by atoms with Gasteiger partial charge in [-0.15, -0.1) is 11.8 Å². The Labute approximate surface area is 171 Å². The number of benzene rings is 1. The second kappa shape index (κ2) is 9.30. The predicted molar refractivity (Wildman–Crippen MR) is 111 cm³/mol. The summed E-state index contributed by atoms with van der Waals surface area (Å²) in [4.78, 5) is 31.0. The normalized spacial score (nSPS) is 23.9.